The molecule has 0 fully saturated rings. The Labute approximate surface area is 170 Å². The third kappa shape index (κ3) is 5.05. The Balaban J connectivity index is 1.71. The number of nitrogens with zero attached hydrogens (tertiary/aromatic N) is 2. The number of nitrogens with two attached hydrogens (primary N) is 2. The van der Waals surface area contributed by atoms with Crippen molar-refractivity contribution >= 4 is 29.2 Å². The zero-order chi connectivity index (χ0) is 21.0. The molecule has 0 aliphatic carbocycles. The number of aromatic nitrogens is 2. The van der Waals surface area contributed by atoms with Gasteiger partial charge in [0.2, 0.25) is 0 Å². The first-order chi connectivity index (χ1) is 13.8. The van der Waals surface area contributed by atoms with Gasteiger partial charge in [-0.25, -0.2) is 14.4 Å². The van der Waals surface area contributed by atoms with Crippen LogP contribution in [-0.2, 0) is 13.0 Å². The number of hydrogen-bond donors (Lipinski definition) is 3. The monoisotopic (exact) mass is 413 g/mol. The highest BCUT2D eigenvalue weighted by molar-refractivity contribution is 6.31. The van der Waals surface area contributed by atoms with Crippen LogP contribution in [0, 0.1) is 5.82 Å². The smallest absolute Gasteiger partial charge is 0.271 e. The first-order valence-electron chi connectivity index (χ1n) is 8.55. The number of halogens is 2. The number of benzene rings is 2. The minimum Gasteiger partial charge on any atom is -0.382 e. The molecular formula is C20H17ClFN5O2. The number of nitrogen functional groups attached to an aromatic ring is 1. The summed E-state index contributed by atoms with van der Waals surface area (Å²) in [7, 11) is 0. The Morgan fingerprint density at radius 2 is 1.97 bits per heavy atom. The van der Waals surface area contributed by atoms with Crippen molar-refractivity contribution in [2.75, 3.05) is 5.73 Å². The number of carbonyl (C=O) groups excluding carboxylic acids is 2. The quantitative estimate of drug-likeness (QED) is 0.572. The number of primary amides is 1. The van der Waals surface area contributed by atoms with Gasteiger partial charge in [-0.1, -0.05) is 29.8 Å². The maximum Gasteiger partial charge on any atom is 0.271 e. The number of nitrogens with one attached hydrogen (secondary N) is 1. The minimum atomic E-state index is -0.760. The standard InChI is InChI=1S/C20H17ClFN5O2/c21-16-8-14(22)5-4-13(16)9-26-20(29)12-3-1-2-11(6-12)7-15-10-25-18(23)17(27-15)19(24)28/h1-6,8,10H,7,9H2,(H2,23,25)(H2,24,28)(H,26,29). The summed E-state index contributed by atoms with van der Waals surface area (Å²) in [6, 6.07) is 10.9. The second kappa shape index (κ2) is 8.66. The zero-order valence-electron chi connectivity index (χ0n) is 15.2. The van der Waals surface area contributed by atoms with Crippen LogP contribution in [0.25, 0.3) is 0 Å². The van der Waals surface area contributed by atoms with E-state index in [1.54, 1.807) is 18.2 Å². The average molecular weight is 414 g/mol. The highest BCUT2D eigenvalue weighted by Crippen LogP contribution is 2.17. The van der Waals surface area contributed by atoms with Crippen molar-refractivity contribution in [3.05, 3.63) is 87.6 Å². The number of hydrogen-bond acceptors (Lipinski definition) is 5. The van der Waals surface area contributed by atoms with Crippen LogP contribution in [0.1, 0.15) is 37.7 Å². The van der Waals surface area contributed by atoms with E-state index in [9.17, 15) is 14.0 Å². The van der Waals surface area contributed by atoms with Crippen LogP contribution < -0.4 is 16.8 Å². The highest BCUT2D eigenvalue weighted by Gasteiger charge is 2.12. The van der Waals surface area contributed by atoms with Gasteiger partial charge in [0, 0.05) is 23.6 Å². The summed E-state index contributed by atoms with van der Waals surface area (Å²) >= 11 is 5.97. The Morgan fingerprint density at radius 3 is 2.69 bits per heavy atom. The van der Waals surface area contributed by atoms with Gasteiger partial charge in [-0.3, -0.25) is 9.59 Å². The summed E-state index contributed by atoms with van der Waals surface area (Å²) in [4.78, 5) is 31.9. The number of carbonyl (C=O) groups is 2. The SMILES string of the molecule is NC(=O)c1nc(Cc2cccc(C(=O)NCc3ccc(F)cc3Cl)c2)cnc1N. The van der Waals surface area contributed by atoms with Crippen LogP contribution in [-0.4, -0.2) is 21.8 Å². The Morgan fingerprint density at radius 1 is 1.17 bits per heavy atom. The molecule has 0 saturated carbocycles. The summed E-state index contributed by atoms with van der Waals surface area (Å²) < 4.78 is 13.1. The second-order valence-electron chi connectivity index (χ2n) is 6.26. The molecule has 2 amide bonds. The van der Waals surface area contributed by atoms with E-state index in [1.165, 1.54) is 24.4 Å². The predicted molar refractivity (Wildman–Crippen MR) is 107 cm³/mol. The molecule has 0 spiro atoms. The van der Waals surface area contributed by atoms with Gasteiger partial charge >= 0.3 is 0 Å². The number of amides is 2. The van der Waals surface area contributed by atoms with E-state index in [0.29, 0.717) is 23.2 Å². The van der Waals surface area contributed by atoms with Gasteiger partial charge in [0.15, 0.2) is 11.5 Å². The fraction of sp³-hybridized carbons (Fsp3) is 0.100. The largest absolute Gasteiger partial charge is 0.382 e. The lowest BCUT2D eigenvalue weighted by molar-refractivity contribution is 0.0949. The molecule has 1 heterocycles. The maximum atomic E-state index is 13.1. The second-order valence-corrected chi connectivity index (χ2v) is 6.66. The van der Waals surface area contributed by atoms with Crippen molar-refractivity contribution in [1.29, 1.82) is 0 Å². The molecule has 0 bridgehead atoms. The van der Waals surface area contributed by atoms with Crippen molar-refractivity contribution in [2.45, 2.75) is 13.0 Å². The minimum absolute atomic E-state index is 0.0335. The highest BCUT2D eigenvalue weighted by atomic mass is 35.5. The third-order valence-electron chi connectivity index (χ3n) is 4.11. The van der Waals surface area contributed by atoms with Crippen molar-refractivity contribution in [2.24, 2.45) is 5.73 Å². The number of rotatable bonds is 6. The Bertz CT molecular complexity index is 1090. The van der Waals surface area contributed by atoms with Crippen molar-refractivity contribution in [1.82, 2.24) is 15.3 Å². The van der Waals surface area contributed by atoms with Crippen molar-refractivity contribution < 1.29 is 14.0 Å². The number of anilines is 1. The summed E-state index contributed by atoms with van der Waals surface area (Å²) in [5.41, 5.74) is 13.0. The molecule has 3 rings (SSSR count). The van der Waals surface area contributed by atoms with Crippen LogP contribution in [0.5, 0.6) is 0 Å². The molecule has 0 aliphatic heterocycles. The lowest BCUT2D eigenvalue weighted by Crippen LogP contribution is -2.23. The van der Waals surface area contributed by atoms with Crippen molar-refractivity contribution in [3.63, 3.8) is 0 Å². The lowest BCUT2D eigenvalue weighted by atomic mass is 10.1. The van der Waals surface area contributed by atoms with E-state index < -0.39 is 11.7 Å². The van der Waals surface area contributed by atoms with Gasteiger partial charge < -0.3 is 16.8 Å². The van der Waals surface area contributed by atoms with Crippen LogP contribution >= 0.6 is 11.6 Å². The molecule has 0 radical (unpaired) electrons. The Kier molecular flexibility index (Phi) is 6.04. The van der Waals surface area contributed by atoms with Crippen LogP contribution in [0.2, 0.25) is 5.02 Å². The zero-order valence-corrected chi connectivity index (χ0v) is 15.9. The summed E-state index contributed by atoms with van der Waals surface area (Å²) in [6.07, 6.45) is 1.78. The lowest BCUT2D eigenvalue weighted by Gasteiger charge is -2.09. The molecule has 148 valence electrons. The summed E-state index contributed by atoms with van der Waals surface area (Å²) in [5, 5.41) is 2.99. The molecule has 0 aliphatic rings. The molecule has 9 heteroatoms. The molecule has 0 atom stereocenters. The van der Waals surface area contributed by atoms with Gasteiger partial charge in [-0.15, -0.1) is 0 Å². The maximum absolute atomic E-state index is 13.1. The van der Waals surface area contributed by atoms with E-state index in [0.717, 1.165) is 5.56 Å². The van der Waals surface area contributed by atoms with Gasteiger partial charge in [-0.05, 0) is 35.4 Å². The van der Waals surface area contributed by atoms with E-state index in [-0.39, 0.29) is 29.0 Å². The molecule has 5 N–H and O–H groups in total. The first-order valence-corrected chi connectivity index (χ1v) is 8.93. The summed E-state index contributed by atoms with van der Waals surface area (Å²) in [5.74, 6) is -1.55. The van der Waals surface area contributed by atoms with Crippen LogP contribution in [0.3, 0.4) is 0 Å². The predicted octanol–water partition coefficient (Wildman–Crippen LogP) is 2.47. The molecule has 2 aromatic carbocycles. The summed E-state index contributed by atoms with van der Waals surface area (Å²) in [6.45, 7) is 0.160. The Hall–Kier alpha value is -3.52. The first kappa shape index (κ1) is 20.2. The third-order valence-corrected chi connectivity index (χ3v) is 4.46. The van der Waals surface area contributed by atoms with E-state index in [4.69, 9.17) is 23.1 Å². The molecule has 0 unspecified atom stereocenters. The average Bonchev–Trinajstić information content (AvgIpc) is 2.68. The van der Waals surface area contributed by atoms with Crippen LogP contribution in [0.15, 0.2) is 48.7 Å². The topological polar surface area (TPSA) is 124 Å². The van der Waals surface area contributed by atoms with E-state index in [1.807, 2.05) is 6.07 Å². The van der Waals surface area contributed by atoms with E-state index in [2.05, 4.69) is 15.3 Å². The molecular weight excluding hydrogens is 397 g/mol. The normalized spacial score (nSPS) is 10.6. The van der Waals surface area contributed by atoms with Gasteiger partial charge in [0.1, 0.15) is 5.82 Å². The molecule has 1 aromatic heterocycles. The molecule has 7 nitrogen and oxygen atoms in total. The van der Waals surface area contributed by atoms with E-state index >= 15 is 0 Å². The van der Waals surface area contributed by atoms with Crippen LogP contribution in [0.4, 0.5) is 10.2 Å². The fourth-order valence-electron chi connectivity index (χ4n) is 2.68. The molecule has 0 saturated heterocycles. The fourth-order valence-corrected chi connectivity index (χ4v) is 2.91. The molecule has 29 heavy (non-hydrogen) atoms. The van der Waals surface area contributed by atoms with Gasteiger partial charge in [-0.2, -0.15) is 0 Å². The molecule has 3 aromatic rings. The van der Waals surface area contributed by atoms with Gasteiger partial charge in [0.05, 0.1) is 11.9 Å². The van der Waals surface area contributed by atoms with Gasteiger partial charge in [0.25, 0.3) is 11.8 Å². The van der Waals surface area contributed by atoms with Crippen molar-refractivity contribution in [3.8, 4) is 0 Å².